The van der Waals surface area contributed by atoms with Gasteiger partial charge in [0.2, 0.25) is 5.91 Å². The lowest BCUT2D eigenvalue weighted by molar-refractivity contribution is -0.155. The van der Waals surface area contributed by atoms with Crippen LogP contribution in [0.5, 0.6) is 0 Å². The number of carbonyl (C=O) groups excluding carboxylic acids is 4. The van der Waals surface area contributed by atoms with Crippen molar-refractivity contribution in [3.05, 3.63) is 48.5 Å². The fourth-order valence-corrected chi connectivity index (χ4v) is 4.18. The van der Waals surface area contributed by atoms with Gasteiger partial charge in [-0.25, -0.2) is 15.0 Å². The molecule has 3 heterocycles. The highest BCUT2D eigenvalue weighted by atomic mass is 16.6. The number of aromatic nitrogens is 4. The Kier molecular flexibility index (Phi) is 7.43. The molecule has 0 radical (unpaired) electrons. The van der Waals surface area contributed by atoms with E-state index in [-0.39, 0.29) is 35.4 Å². The van der Waals surface area contributed by atoms with Gasteiger partial charge in [0.1, 0.15) is 25.1 Å². The standard InChI is InChI=1S/C24H26N6O7/c1-13(31)29(4)19-17(10-35-14(2)32)37-24(20(19)36-15(3)33)30-12-27-18-21(25-11-26-22(18)30)28-23(34)16-8-6-5-7-9-16/h5-9,11-12,17,19-20,24H,10H2,1-4H3,(H,25,26,28,34)/t17-,19+,20+,24-/m0/s1. The number of nitrogens with one attached hydrogen (secondary N) is 1. The smallest absolute Gasteiger partial charge is 0.303 e. The van der Waals surface area contributed by atoms with Crippen molar-refractivity contribution in [3.8, 4) is 0 Å². The second-order valence-corrected chi connectivity index (χ2v) is 8.43. The highest BCUT2D eigenvalue weighted by Crippen LogP contribution is 2.37. The Labute approximate surface area is 211 Å². The summed E-state index contributed by atoms with van der Waals surface area (Å²) in [4.78, 5) is 62.6. The fraction of sp³-hybridized carbons (Fsp3) is 0.375. The first-order chi connectivity index (χ1) is 17.7. The third kappa shape index (κ3) is 5.40. The SMILES string of the molecule is CC(=O)OC[C@@H]1O[C@H](n2cnc3c(NC(=O)c4ccccc4)ncnc32)[C@H](OC(C)=O)[C@@H]1N(C)C(C)=O. The number of nitrogens with zero attached hydrogens (tertiary/aromatic N) is 5. The third-order valence-electron chi connectivity index (χ3n) is 5.91. The summed E-state index contributed by atoms with van der Waals surface area (Å²) in [6.07, 6.45) is -0.108. The molecule has 0 unspecified atom stereocenters. The normalized spacial score (nSPS) is 20.9. The van der Waals surface area contributed by atoms with Crippen LogP contribution in [-0.2, 0) is 28.6 Å². The first-order valence-electron chi connectivity index (χ1n) is 11.4. The van der Waals surface area contributed by atoms with Crippen molar-refractivity contribution >= 4 is 40.7 Å². The zero-order valence-corrected chi connectivity index (χ0v) is 20.7. The molecule has 0 bridgehead atoms. The maximum atomic E-state index is 12.7. The molecule has 194 valence electrons. The van der Waals surface area contributed by atoms with E-state index < -0.39 is 36.4 Å². The second-order valence-electron chi connectivity index (χ2n) is 8.43. The van der Waals surface area contributed by atoms with E-state index in [4.69, 9.17) is 14.2 Å². The molecule has 13 nitrogen and oxygen atoms in total. The number of carbonyl (C=O) groups is 4. The molecule has 1 aliphatic heterocycles. The summed E-state index contributed by atoms with van der Waals surface area (Å²) < 4.78 is 18.5. The van der Waals surface area contributed by atoms with Crippen LogP contribution in [0.1, 0.15) is 37.4 Å². The number of esters is 2. The van der Waals surface area contributed by atoms with E-state index >= 15 is 0 Å². The Balaban J connectivity index is 1.71. The number of anilines is 1. The minimum atomic E-state index is -0.985. The maximum Gasteiger partial charge on any atom is 0.303 e. The molecule has 4 atom stereocenters. The Morgan fingerprint density at radius 3 is 2.43 bits per heavy atom. The number of hydrogen-bond acceptors (Lipinski definition) is 10. The van der Waals surface area contributed by atoms with Crippen molar-refractivity contribution in [2.45, 2.75) is 45.2 Å². The Morgan fingerprint density at radius 2 is 1.78 bits per heavy atom. The number of imidazole rings is 1. The number of amides is 2. The van der Waals surface area contributed by atoms with E-state index in [1.165, 1.54) is 42.9 Å². The van der Waals surface area contributed by atoms with Crippen LogP contribution in [0.2, 0.25) is 0 Å². The molecule has 0 spiro atoms. The first kappa shape index (κ1) is 25.7. The van der Waals surface area contributed by atoms with Crippen molar-refractivity contribution in [2.24, 2.45) is 0 Å². The quantitative estimate of drug-likeness (QED) is 0.460. The van der Waals surface area contributed by atoms with Crippen LogP contribution in [-0.4, -0.2) is 80.1 Å². The van der Waals surface area contributed by atoms with Crippen LogP contribution in [0.15, 0.2) is 43.0 Å². The van der Waals surface area contributed by atoms with Crippen LogP contribution in [0.3, 0.4) is 0 Å². The molecule has 37 heavy (non-hydrogen) atoms. The van der Waals surface area contributed by atoms with Gasteiger partial charge in [-0.3, -0.25) is 23.7 Å². The summed E-state index contributed by atoms with van der Waals surface area (Å²) in [7, 11) is 1.54. The van der Waals surface area contributed by atoms with Gasteiger partial charge >= 0.3 is 11.9 Å². The zero-order valence-electron chi connectivity index (χ0n) is 20.7. The predicted molar refractivity (Wildman–Crippen MR) is 128 cm³/mol. The molecule has 4 rings (SSSR count). The van der Waals surface area contributed by atoms with Gasteiger partial charge in [0, 0.05) is 33.4 Å². The van der Waals surface area contributed by atoms with E-state index in [9.17, 15) is 19.2 Å². The molecule has 1 fully saturated rings. The summed E-state index contributed by atoms with van der Waals surface area (Å²) in [5, 5.41) is 2.73. The van der Waals surface area contributed by atoms with Gasteiger partial charge in [-0.1, -0.05) is 18.2 Å². The molecular weight excluding hydrogens is 484 g/mol. The van der Waals surface area contributed by atoms with Crippen LogP contribution in [0, 0.1) is 0 Å². The monoisotopic (exact) mass is 510 g/mol. The molecule has 2 amide bonds. The van der Waals surface area contributed by atoms with Crippen LogP contribution in [0.25, 0.3) is 11.2 Å². The van der Waals surface area contributed by atoms with Gasteiger partial charge in [0.25, 0.3) is 5.91 Å². The minimum absolute atomic E-state index is 0.175. The van der Waals surface area contributed by atoms with Crippen molar-refractivity contribution in [1.82, 2.24) is 24.4 Å². The van der Waals surface area contributed by atoms with Crippen molar-refractivity contribution in [1.29, 1.82) is 0 Å². The van der Waals surface area contributed by atoms with Gasteiger partial charge < -0.3 is 24.4 Å². The molecule has 1 N–H and O–H groups in total. The lowest BCUT2D eigenvalue weighted by atomic mass is 10.1. The number of likely N-dealkylation sites (N-methyl/N-ethyl adjacent to an activating group) is 1. The summed E-state index contributed by atoms with van der Waals surface area (Å²) in [6, 6.07) is 7.84. The van der Waals surface area contributed by atoms with E-state index in [0.717, 1.165) is 0 Å². The van der Waals surface area contributed by atoms with E-state index in [0.29, 0.717) is 5.56 Å². The van der Waals surface area contributed by atoms with Gasteiger partial charge in [0.15, 0.2) is 29.3 Å². The Hall–Kier alpha value is -4.39. The second kappa shape index (κ2) is 10.7. The summed E-state index contributed by atoms with van der Waals surface area (Å²) >= 11 is 0. The molecule has 1 saturated heterocycles. The zero-order chi connectivity index (χ0) is 26.7. The molecule has 1 aliphatic rings. The number of hydrogen-bond donors (Lipinski definition) is 1. The Morgan fingerprint density at radius 1 is 1.05 bits per heavy atom. The molecule has 13 heteroatoms. The van der Waals surface area contributed by atoms with Crippen LogP contribution >= 0.6 is 0 Å². The number of benzene rings is 1. The highest BCUT2D eigenvalue weighted by Gasteiger charge is 2.51. The number of ether oxygens (including phenoxy) is 3. The van der Waals surface area contributed by atoms with Crippen molar-refractivity contribution in [3.63, 3.8) is 0 Å². The average Bonchev–Trinajstić information content (AvgIpc) is 3.44. The van der Waals surface area contributed by atoms with Crippen molar-refractivity contribution < 1.29 is 33.4 Å². The van der Waals surface area contributed by atoms with Crippen molar-refractivity contribution in [2.75, 3.05) is 19.0 Å². The predicted octanol–water partition coefficient (Wildman–Crippen LogP) is 1.32. The molecule has 0 saturated carbocycles. The van der Waals surface area contributed by atoms with Gasteiger partial charge in [-0.2, -0.15) is 0 Å². The first-order valence-corrected chi connectivity index (χ1v) is 11.4. The lowest BCUT2D eigenvalue weighted by Crippen LogP contribution is -2.50. The number of fused-ring (bicyclic) bond motifs is 1. The van der Waals surface area contributed by atoms with Crippen LogP contribution < -0.4 is 5.32 Å². The minimum Gasteiger partial charge on any atom is -0.463 e. The fourth-order valence-electron chi connectivity index (χ4n) is 4.18. The molecule has 2 aromatic heterocycles. The van der Waals surface area contributed by atoms with Gasteiger partial charge in [-0.05, 0) is 12.1 Å². The summed E-state index contributed by atoms with van der Waals surface area (Å²) in [5.41, 5.74) is 1.00. The topological polar surface area (TPSA) is 155 Å². The number of rotatable bonds is 7. The highest BCUT2D eigenvalue weighted by molar-refractivity contribution is 6.06. The summed E-state index contributed by atoms with van der Waals surface area (Å²) in [6.45, 7) is 3.69. The van der Waals surface area contributed by atoms with Gasteiger partial charge in [-0.15, -0.1) is 0 Å². The van der Waals surface area contributed by atoms with Gasteiger partial charge in [0.05, 0.1) is 6.33 Å². The molecular formula is C24H26N6O7. The third-order valence-corrected chi connectivity index (χ3v) is 5.91. The maximum absolute atomic E-state index is 12.7. The average molecular weight is 511 g/mol. The molecule has 1 aromatic carbocycles. The lowest BCUT2D eigenvalue weighted by Gasteiger charge is -2.31. The molecule has 0 aliphatic carbocycles. The van der Waals surface area contributed by atoms with E-state index in [1.54, 1.807) is 37.4 Å². The van der Waals surface area contributed by atoms with E-state index in [1.807, 2.05) is 0 Å². The summed E-state index contributed by atoms with van der Waals surface area (Å²) in [5.74, 6) is -1.63. The molecule has 3 aromatic rings. The van der Waals surface area contributed by atoms with Crippen LogP contribution in [0.4, 0.5) is 5.82 Å². The largest absolute Gasteiger partial charge is 0.463 e. The Bertz CT molecular complexity index is 1330. The van der Waals surface area contributed by atoms with E-state index in [2.05, 4.69) is 20.3 Å².